The highest BCUT2D eigenvalue weighted by Gasteiger charge is 2.53. The van der Waals surface area contributed by atoms with E-state index in [4.69, 9.17) is 14.5 Å². The topological polar surface area (TPSA) is 65.5 Å². The lowest BCUT2D eigenvalue weighted by atomic mass is 9.66. The summed E-state index contributed by atoms with van der Waals surface area (Å²) in [6.07, 6.45) is 6.25. The average molecular weight is 390 g/mol. The Morgan fingerprint density at radius 2 is 1.71 bits per heavy atom. The SMILES string of the molecule is CCCCCCC1CC(C(=O)OCC)(C(=O)OCC)Cc2nc(C)cc(C)c21. The molecule has 1 atom stereocenters. The van der Waals surface area contributed by atoms with E-state index in [1.165, 1.54) is 24.0 Å². The molecule has 0 aliphatic heterocycles. The van der Waals surface area contributed by atoms with Crippen LogP contribution >= 0.6 is 0 Å². The van der Waals surface area contributed by atoms with Crippen LogP contribution in [0.4, 0.5) is 0 Å². The first-order chi connectivity index (χ1) is 13.4. The fraction of sp³-hybridized carbons (Fsp3) is 0.696. The molecule has 156 valence electrons. The van der Waals surface area contributed by atoms with Crippen molar-refractivity contribution in [3.05, 3.63) is 28.6 Å². The van der Waals surface area contributed by atoms with E-state index in [9.17, 15) is 9.59 Å². The van der Waals surface area contributed by atoms with Crippen LogP contribution in [0.5, 0.6) is 0 Å². The fourth-order valence-electron chi connectivity index (χ4n) is 4.49. The number of unbranched alkanes of at least 4 members (excludes halogenated alkanes) is 3. The van der Waals surface area contributed by atoms with Gasteiger partial charge in [-0.2, -0.15) is 0 Å². The Hall–Kier alpha value is -1.91. The zero-order chi connectivity index (χ0) is 20.7. The van der Waals surface area contributed by atoms with Crippen molar-refractivity contribution in [3.63, 3.8) is 0 Å². The number of carbonyl (C=O) groups excluding carboxylic acids is 2. The number of hydrogen-bond acceptors (Lipinski definition) is 5. The molecule has 1 aliphatic carbocycles. The van der Waals surface area contributed by atoms with E-state index in [0.717, 1.165) is 30.7 Å². The second-order valence-corrected chi connectivity index (χ2v) is 7.89. The number of aromatic nitrogens is 1. The molecule has 5 heteroatoms. The number of aryl methyl sites for hydroxylation is 2. The molecule has 1 unspecified atom stereocenters. The summed E-state index contributed by atoms with van der Waals surface area (Å²) in [5, 5.41) is 0. The van der Waals surface area contributed by atoms with E-state index in [0.29, 0.717) is 6.42 Å². The molecule has 1 heterocycles. The first kappa shape index (κ1) is 22.4. The van der Waals surface area contributed by atoms with Crippen LogP contribution in [0, 0.1) is 19.3 Å². The van der Waals surface area contributed by atoms with E-state index >= 15 is 0 Å². The lowest BCUT2D eigenvalue weighted by molar-refractivity contribution is -0.173. The molecule has 5 nitrogen and oxygen atoms in total. The van der Waals surface area contributed by atoms with E-state index in [2.05, 4.69) is 19.9 Å². The van der Waals surface area contributed by atoms with Crippen LogP contribution in [0.1, 0.15) is 87.7 Å². The van der Waals surface area contributed by atoms with Crippen LogP contribution in [0.3, 0.4) is 0 Å². The Labute approximate surface area is 169 Å². The van der Waals surface area contributed by atoms with Crippen molar-refractivity contribution in [2.45, 2.75) is 85.5 Å². The summed E-state index contributed by atoms with van der Waals surface area (Å²) in [6, 6.07) is 2.10. The van der Waals surface area contributed by atoms with Crippen molar-refractivity contribution in [3.8, 4) is 0 Å². The van der Waals surface area contributed by atoms with E-state index in [-0.39, 0.29) is 25.6 Å². The van der Waals surface area contributed by atoms with Crippen molar-refractivity contribution in [1.29, 1.82) is 0 Å². The molecule has 1 aliphatic rings. The third kappa shape index (κ3) is 4.73. The average Bonchev–Trinajstić information content (AvgIpc) is 2.64. The van der Waals surface area contributed by atoms with Gasteiger partial charge in [0, 0.05) is 17.8 Å². The van der Waals surface area contributed by atoms with E-state index < -0.39 is 17.4 Å². The minimum Gasteiger partial charge on any atom is -0.465 e. The Balaban J connectivity index is 2.47. The molecule has 0 bridgehead atoms. The van der Waals surface area contributed by atoms with E-state index in [1.807, 2.05) is 6.92 Å². The minimum absolute atomic E-state index is 0.113. The maximum atomic E-state index is 13.0. The number of ether oxygens (including phenoxy) is 2. The molecule has 0 aromatic carbocycles. The van der Waals surface area contributed by atoms with Gasteiger partial charge in [0.2, 0.25) is 0 Å². The quantitative estimate of drug-likeness (QED) is 0.344. The van der Waals surface area contributed by atoms with Gasteiger partial charge in [0.15, 0.2) is 5.41 Å². The molecule has 2 rings (SSSR count). The molecule has 0 saturated carbocycles. The van der Waals surface area contributed by atoms with Crippen molar-refractivity contribution in [1.82, 2.24) is 4.98 Å². The monoisotopic (exact) mass is 389 g/mol. The standard InChI is InChI=1S/C23H35NO4/c1-6-9-10-11-12-18-14-23(21(25)27-7-2,22(26)28-8-3)15-19-20(18)16(4)13-17(5)24-19/h13,18H,6-12,14-15H2,1-5H3. The molecule has 0 spiro atoms. The molecule has 0 fully saturated rings. The van der Waals surface area contributed by atoms with E-state index in [1.54, 1.807) is 13.8 Å². The van der Waals surface area contributed by atoms with Gasteiger partial charge in [-0.25, -0.2) is 0 Å². The van der Waals surface area contributed by atoms with Crippen molar-refractivity contribution >= 4 is 11.9 Å². The molecular formula is C23H35NO4. The van der Waals surface area contributed by atoms with Gasteiger partial charge < -0.3 is 9.47 Å². The van der Waals surface area contributed by atoms with Gasteiger partial charge in [-0.3, -0.25) is 14.6 Å². The highest BCUT2D eigenvalue weighted by molar-refractivity contribution is 6.00. The van der Waals surface area contributed by atoms with Gasteiger partial charge in [-0.1, -0.05) is 32.6 Å². The van der Waals surface area contributed by atoms with Gasteiger partial charge in [0.1, 0.15) is 0 Å². The van der Waals surface area contributed by atoms with Crippen molar-refractivity contribution in [2.24, 2.45) is 5.41 Å². The van der Waals surface area contributed by atoms with Gasteiger partial charge in [0.25, 0.3) is 0 Å². The lowest BCUT2D eigenvalue weighted by Gasteiger charge is -2.38. The lowest BCUT2D eigenvalue weighted by Crippen LogP contribution is -2.47. The molecule has 0 amide bonds. The zero-order valence-corrected chi connectivity index (χ0v) is 18.1. The summed E-state index contributed by atoms with van der Waals surface area (Å²) >= 11 is 0. The highest BCUT2D eigenvalue weighted by atomic mass is 16.6. The van der Waals surface area contributed by atoms with Crippen LogP contribution in [-0.2, 0) is 25.5 Å². The molecule has 1 aromatic rings. The number of fused-ring (bicyclic) bond motifs is 1. The Morgan fingerprint density at radius 3 is 2.29 bits per heavy atom. The first-order valence-corrected chi connectivity index (χ1v) is 10.7. The minimum atomic E-state index is -1.29. The molecule has 0 saturated heterocycles. The normalized spacial score (nSPS) is 17.7. The summed E-state index contributed by atoms with van der Waals surface area (Å²) in [5.74, 6) is -0.834. The molecule has 0 radical (unpaired) electrons. The molecule has 28 heavy (non-hydrogen) atoms. The molecule has 1 aromatic heterocycles. The smallest absolute Gasteiger partial charge is 0.323 e. The number of carbonyl (C=O) groups is 2. The molecule has 0 N–H and O–H groups in total. The Bertz CT molecular complexity index is 680. The van der Waals surface area contributed by atoms with Crippen molar-refractivity contribution < 1.29 is 19.1 Å². The van der Waals surface area contributed by atoms with Crippen LogP contribution in [0.15, 0.2) is 6.07 Å². The summed E-state index contributed by atoms with van der Waals surface area (Å²) in [5.41, 5.74) is 2.88. The second kappa shape index (κ2) is 10.0. The van der Waals surface area contributed by atoms with Crippen LogP contribution in [0.25, 0.3) is 0 Å². The predicted octanol–water partition coefficient (Wildman–Crippen LogP) is 4.81. The number of nitrogens with zero attached hydrogens (tertiary/aromatic N) is 1. The third-order valence-electron chi connectivity index (χ3n) is 5.68. The van der Waals surface area contributed by atoms with Gasteiger partial charge in [-0.05, 0) is 63.6 Å². The van der Waals surface area contributed by atoms with Crippen LogP contribution in [-0.4, -0.2) is 30.1 Å². The maximum Gasteiger partial charge on any atom is 0.323 e. The third-order valence-corrected chi connectivity index (χ3v) is 5.68. The maximum absolute atomic E-state index is 13.0. The van der Waals surface area contributed by atoms with Gasteiger partial charge in [-0.15, -0.1) is 0 Å². The first-order valence-electron chi connectivity index (χ1n) is 10.7. The van der Waals surface area contributed by atoms with Gasteiger partial charge in [0.05, 0.1) is 13.2 Å². The predicted molar refractivity (Wildman–Crippen MR) is 109 cm³/mol. The zero-order valence-electron chi connectivity index (χ0n) is 18.1. The summed E-state index contributed by atoms with van der Waals surface area (Å²) in [4.78, 5) is 30.7. The summed E-state index contributed by atoms with van der Waals surface area (Å²) in [6.45, 7) is 10.3. The Morgan fingerprint density at radius 1 is 1.07 bits per heavy atom. The van der Waals surface area contributed by atoms with Crippen molar-refractivity contribution in [2.75, 3.05) is 13.2 Å². The second-order valence-electron chi connectivity index (χ2n) is 7.89. The highest BCUT2D eigenvalue weighted by Crippen LogP contribution is 2.47. The number of pyridine rings is 1. The molecular weight excluding hydrogens is 354 g/mol. The van der Waals surface area contributed by atoms with Crippen LogP contribution < -0.4 is 0 Å². The number of rotatable bonds is 9. The summed E-state index contributed by atoms with van der Waals surface area (Å²) in [7, 11) is 0. The number of hydrogen-bond donors (Lipinski definition) is 0. The Kier molecular flexibility index (Phi) is 8.02. The van der Waals surface area contributed by atoms with Crippen LogP contribution in [0.2, 0.25) is 0 Å². The summed E-state index contributed by atoms with van der Waals surface area (Å²) < 4.78 is 10.7. The fourth-order valence-corrected chi connectivity index (χ4v) is 4.49. The number of esters is 2. The van der Waals surface area contributed by atoms with Gasteiger partial charge >= 0.3 is 11.9 Å². The largest absolute Gasteiger partial charge is 0.465 e.